The quantitative estimate of drug-likeness (QED) is 0.502. The maximum absolute atomic E-state index is 12.4. The fourth-order valence-electron chi connectivity index (χ4n) is 1.00. The normalized spacial score (nSPS) is 10.5. The van der Waals surface area contributed by atoms with Crippen LogP contribution >= 0.6 is 11.6 Å². The van der Waals surface area contributed by atoms with Gasteiger partial charge in [-0.15, -0.1) is 0 Å². The zero-order valence-corrected chi connectivity index (χ0v) is 8.24. The number of aromatic nitrogens is 1. The number of nitrogens with two attached hydrogens (primary N) is 1. The van der Waals surface area contributed by atoms with E-state index in [1.165, 1.54) is 0 Å². The van der Waals surface area contributed by atoms with E-state index < -0.39 is 39.4 Å². The number of alkyl halides is 2. The Morgan fingerprint density at radius 2 is 2.19 bits per heavy atom. The Bertz CT molecular complexity index is 466. The summed E-state index contributed by atoms with van der Waals surface area (Å²) in [5.74, 6) is -0.640. The maximum Gasteiger partial charge on any atom is 0.311 e. The summed E-state index contributed by atoms with van der Waals surface area (Å²) >= 11 is 5.00. The number of halogens is 3. The summed E-state index contributed by atoms with van der Waals surface area (Å²) in [6, 6.07) is 0.489. The number of pyridine rings is 1. The molecule has 0 spiro atoms. The second-order valence-corrected chi connectivity index (χ2v) is 3.01. The zero-order valence-electron chi connectivity index (χ0n) is 7.49. The molecule has 0 amide bonds. The number of nitrogen functional groups attached to an aromatic ring is 1. The number of anilines is 1. The van der Waals surface area contributed by atoms with Gasteiger partial charge in [0, 0.05) is 6.07 Å². The Morgan fingerprint density at radius 1 is 1.62 bits per heavy atom. The minimum atomic E-state index is -3.11. The number of nitro groups is 1. The highest BCUT2D eigenvalue weighted by Gasteiger charge is 2.25. The first-order chi connectivity index (χ1) is 7.34. The van der Waals surface area contributed by atoms with Crippen LogP contribution in [-0.4, -0.2) is 15.1 Å². The number of carbonyl (C=O) groups excluding carboxylic acids is 1. The Labute approximate surface area is 92.2 Å². The van der Waals surface area contributed by atoms with Crippen LogP contribution in [0.15, 0.2) is 6.07 Å². The van der Waals surface area contributed by atoms with Gasteiger partial charge in [-0.1, -0.05) is 0 Å². The number of rotatable bonds is 3. The number of nitrogens with zero attached hydrogens (tertiary/aromatic N) is 2. The van der Waals surface area contributed by atoms with Crippen LogP contribution < -0.4 is 5.73 Å². The van der Waals surface area contributed by atoms with E-state index in [1.54, 1.807) is 0 Å². The van der Waals surface area contributed by atoms with Crippen molar-refractivity contribution in [1.29, 1.82) is 0 Å². The summed E-state index contributed by atoms with van der Waals surface area (Å²) in [5.41, 5.74) is 2.63. The van der Waals surface area contributed by atoms with Gasteiger partial charge in [-0.25, -0.2) is 13.8 Å². The van der Waals surface area contributed by atoms with Crippen molar-refractivity contribution in [3.8, 4) is 0 Å². The van der Waals surface area contributed by atoms with E-state index in [4.69, 9.17) is 17.3 Å². The number of hydrogen-bond donors (Lipinski definition) is 1. The van der Waals surface area contributed by atoms with Gasteiger partial charge in [-0.2, -0.15) is 0 Å². The molecular formula is C7H4ClF2N3O3. The van der Waals surface area contributed by atoms with Crippen molar-refractivity contribution < 1.29 is 18.5 Å². The molecule has 0 saturated heterocycles. The summed E-state index contributed by atoms with van der Waals surface area (Å²) in [4.78, 5) is 23.4. The van der Waals surface area contributed by atoms with Crippen molar-refractivity contribution in [1.82, 2.24) is 4.98 Å². The molecule has 9 heteroatoms. The van der Waals surface area contributed by atoms with Crippen molar-refractivity contribution in [3.05, 3.63) is 27.4 Å². The van der Waals surface area contributed by atoms with Gasteiger partial charge in [0.2, 0.25) is 5.82 Å². The van der Waals surface area contributed by atoms with Gasteiger partial charge >= 0.3 is 5.69 Å². The van der Waals surface area contributed by atoms with Gasteiger partial charge in [0.25, 0.3) is 11.7 Å². The predicted octanol–water partition coefficient (Wildman–Crippen LogP) is 1.89. The van der Waals surface area contributed by atoms with Crippen LogP contribution in [0.3, 0.4) is 0 Å². The molecule has 1 aromatic rings. The molecule has 0 atom stereocenters. The predicted molar refractivity (Wildman–Crippen MR) is 50.4 cm³/mol. The third-order valence-electron chi connectivity index (χ3n) is 1.68. The van der Waals surface area contributed by atoms with Crippen LogP contribution in [0.1, 0.15) is 22.5 Å². The van der Waals surface area contributed by atoms with Crippen molar-refractivity contribution in [3.63, 3.8) is 0 Å². The molecule has 0 bridgehead atoms. The summed E-state index contributed by atoms with van der Waals surface area (Å²) in [6.45, 7) is 0. The van der Waals surface area contributed by atoms with Crippen LogP contribution in [0, 0.1) is 10.1 Å². The average Bonchev–Trinajstić information content (AvgIpc) is 2.15. The lowest BCUT2D eigenvalue weighted by molar-refractivity contribution is -0.384. The van der Waals surface area contributed by atoms with Crippen LogP contribution in [0.2, 0.25) is 0 Å². The minimum Gasteiger partial charge on any atom is -0.378 e. The number of hydrogen-bond acceptors (Lipinski definition) is 5. The van der Waals surface area contributed by atoms with E-state index in [9.17, 15) is 23.7 Å². The van der Waals surface area contributed by atoms with E-state index >= 15 is 0 Å². The van der Waals surface area contributed by atoms with Crippen LogP contribution in [0.5, 0.6) is 0 Å². The second kappa shape index (κ2) is 4.35. The number of carbonyl (C=O) groups is 1. The zero-order chi connectivity index (χ0) is 12.5. The lowest BCUT2D eigenvalue weighted by Crippen LogP contribution is -2.08. The SMILES string of the molecule is Nc1nc(C(=O)Cl)c(C(F)F)cc1[N+](=O)[O-]. The molecule has 1 aromatic heterocycles. The van der Waals surface area contributed by atoms with Crippen LogP contribution in [0.25, 0.3) is 0 Å². The highest BCUT2D eigenvalue weighted by Crippen LogP contribution is 2.29. The summed E-state index contributed by atoms with van der Waals surface area (Å²) < 4.78 is 24.9. The van der Waals surface area contributed by atoms with E-state index in [0.29, 0.717) is 6.07 Å². The molecule has 0 radical (unpaired) electrons. The Kier molecular flexibility index (Phi) is 3.33. The van der Waals surface area contributed by atoms with E-state index in [-0.39, 0.29) is 0 Å². The van der Waals surface area contributed by atoms with Crippen LogP contribution in [-0.2, 0) is 0 Å². The molecule has 0 unspecified atom stereocenters. The lowest BCUT2D eigenvalue weighted by atomic mass is 10.2. The molecule has 16 heavy (non-hydrogen) atoms. The molecule has 0 aliphatic heterocycles. The first-order valence-corrected chi connectivity index (χ1v) is 4.15. The van der Waals surface area contributed by atoms with E-state index in [1.807, 2.05) is 0 Å². The molecule has 2 N–H and O–H groups in total. The van der Waals surface area contributed by atoms with Crippen molar-refractivity contribution in [2.24, 2.45) is 0 Å². The molecule has 0 aliphatic carbocycles. The highest BCUT2D eigenvalue weighted by atomic mass is 35.5. The molecule has 1 rings (SSSR count). The lowest BCUT2D eigenvalue weighted by Gasteiger charge is -2.05. The average molecular weight is 252 g/mol. The molecule has 0 fully saturated rings. The topological polar surface area (TPSA) is 99.1 Å². The van der Waals surface area contributed by atoms with Crippen molar-refractivity contribution >= 4 is 28.3 Å². The van der Waals surface area contributed by atoms with Gasteiger partial charge < -0.3 is 5.73 Å². The fourth-order valence-corrected chi connectivity index (χ4v) is 1.15. The molecule has 0 aromatic carbocycles. The largest absolute Gasteiger partial charge is 0.378 e. The summed E-state index contributed by atoms with van der Waals surface area (Å²) in [6.07, 6.45) is -3.11. The Balaban J connectivity index is 3.49. The van der Waals surface area contributed by atoms with E-state index in [0.717, 1.165) is 0 Å². The highest BCUT2D eigenvalue weighted by molar-refractivity contribution is 6.67. The van der Waals surface area contributed by atoms with Gasteiger partial charge in [0.15, 0.2) is 0 Å². The third-order valence-corrected chi connectivity index (χ3v) is 1.86. The maximum atomic E-state index is 12.4. The van der Waals surface area contributed by atoms with Crippen molar-refractivity contribution in [2.45, 2.75) is 6.43 Å². The first kappa shape index (κ1) is 12.2. The van der Waals surface area contributed by atoms with Gasteiger partial charge in [-0.3, -0.25) is 14.9 Å². The molecule has 86 valence electrons. The van der Waals surface area contributed by atoms with Gasteiger partial charge in [-0.05, 0) is 11.6 Å². The van der Waals surface area contributed by atoms with Gasteiger partial charge in [0.05, 0.1) is 10.5 Å². The summed E-state index contributed by atoms with van der Waals surface area (Å²) in [7, 11) is 0. The smallest absolute Gasteiger partial charge is 0.311 e. The first-order valence-electron chi connectivity index (χ1n) is 3.77. The molecule has 6 nitrogen and oxygen atoms in total. The van der Waals surface area contributed by atoms with Gasteiger partial charge in [0.1, 0.15) is 5.69 Å². The Hall–Kier alpha value is -1.83. The third kappa shape index (κ3) is 2.22. The minimum absolute atomic E-state index is 0.489. The molecule has 0 saturated carbocycles. The molecular weight excluding hydrogens is 248 g/mol. The standard InChI is InChI=1S/C7H4ClF2N3O3/c8-5(14)4-2(6(9)10)1-3(13(15)16)7(11)12-4/h1,6H,(H2,11,12). The second-order valence-electron chi connectivity index (χ2n) is 2.66. The molecule has 1 heterocycles. The Morgan fingerprint density at radius 3 is 2.56 bits per heavy atom. The molecule has 0 aliphatic rings. The van der Waals surface area contributed by atoms with Crippen molar-refractivity contribution in [2.75, 3.05) is 5.73 Å². The fraction of sp³-hybridized carbons (Fsp3) is 0.143. The van der Waals surface area contributed by atoms with E-state index in [2.05, 4.69) is 4.98 Å². The van der Waals surface area contributed by atoms with Crippen LogP contribution in [0.4, 0.5) is 20.3 Å². The summed E-state index contributed by atoms with van der Waals surface area (Å²) in [5, 5.41) is 9.15. The monoisotopic (exact) mass is 251 g/mol.